The van der Waals surface area contributed by atoms with E-state index in [1.54, 1.807) is 16.7 Å². The molecule has 0 aromatic heterocycles. The third-order valence-corrected chi connectivity index (χ3v) is 5.24. The smallest absolute Gasteiger partial charge is 0.331 e. The topological polar surface area (TPSA) is 41.6 Å². The molecule has 1 aliphatic rings. The highest BCUT2D eigenvalue weighted by Gasteiger charge is 2.27. The summed E-state index contributed by atoms with van der Waals surface area (Å²) in [5.74, 6) is 0.785. The molecule has 0 saturated carbocycles. The van der Waals surface area contributed by atoms with Gasteiger partial charge in [0, 0.05) is 15.5 Å². The zero-order valence-corrected chi connectivity index (χ0v) is 16.0. The van der Waals surface area contributed by atoms with Gasteiger partial charge in [0.1, 0.15) is 5.75 Å². The predicted octanol–water partition coefficient (Wildman–Crippen LogP) is 6.31. The second kappa shape index (κ2) is 7.37. The zero-order chi connectivity index (χ0) is 18.8. The number of nitrogens with zero attached hydrogens (tertiary/aromatic N) is 1. The van der Waals surface area contributed by atoms with Crippen LogP contribution in [0.25, 0.3) is 0 Å². The zero-order valence-electron chi connectivity index (χ0n) is 15.2. The third-order valence-electron chi connectivity index (χ3n) is 4.11. The number of anilines is 3. The normalized spacial score (nSPS) is 12.3. The van der Waals surface area contributed by atoms with Crippen molar-refractivity contribution in [1.82, 2.24) is 0 Å². The van der Waals surface area contributed by atoms with Crippen LogP contribution in [0.3, 0.4) is 0 Å². The van der Waals surface area contributed by atoms with Crippen molar-refractivity contribution >= 4 is 34.9 Å². The number of hydrogen-bond donors (Lipinski definition) is 1. The van der Waals surface area contributed by atoms with E-state index in [9.17, 15) is 4.79 Å². The maximum Gasteiger partial charge on any atom is 0.331 e. The first kappa shape index (κ1) is 17.5. The van der Waals surface area contributed by atoms with Crippen molar-refractivity contribution in [1.29, 1.82) is 0 Å². The number of urea groups is 1. The van der Waals surface area contributed by atoms with Crippen molar-refractivity contribution in [3.63, 3.8) is 0 Å². The molecule has 0 radical (unpaired) electrons. The fraction of sp³-hybridized carbons (Fsp3) is 0.136. The minimum Gasteiger partial charge on any atom is -0.491 e. The molecule has 4 nitrogen and oxygen atoms in total. The summed E-state index contributed by atoms with van der Waals surface area (Å²) in [6.45, 7) is 3.97. The molecule has 5 heteroatoms. The van der Waals surface area contributed by atoms with Gasteiger partial charge in [0.2, 0.25) is 0 Å². The number of carbonyl (C=O) groups is 1. The molecule has 2 amide bonds. The van der Waals surface area contributed by atoms with Crippen LogP contribution in [0.4, 0.5) is 21.9 Å². The van der Waals surface area contributed by atoms with E-state index in [0.29, 0.717) is 0 Å². The van der Waals surface area contributed by atoms with Crippen LogP contribution in [-0.4, -0.2) is 12.1 Å². The molecule has 3 aromatic carbocycles. The highest BCUT2D eigenvalue weighted by molar-refractivity contribution is 7.99. The van der Waals surface area contributed by atoms with Crippen molar-refractivity contribution in [3.8, 4) is 5.75 Å². The van der Waals surface area contributed by atoms with Crippen LogP contribution in [0.1, 0.15) is 13.8 Å². The van der Waals surface area contributed by atoms with Gasteiger partial charge in [0.25, 0.3) is 0 Å². The molecule has 0 unspecified atom stereocenters. The molecule has 0 spiro atoms. The number of amides is 2. The molecule has 1 aliphatic heterocycles. The summed E-state index contributed by atoms with van der Waals surface area (Å²) >= 11 is 1.68. The van der Waals surface area contributed by atoms with Crippen LogP contribution in [-0.2, 0) is 0 Å². The van der Waals surface area contributed by atoms with Crippen molar-refractivity contribution in [2.45, 2.75) is 29.7 Å². The number of para-hydroxylation sites is 2. The molecule has 4 rings (SSSR count). The fourth-order valence-electron chi connectivity index (χ4n) is 2.99. The standard InChI is InChI=1S/C22H20N2O2S/c1-15(2)26-17-13-11-16(12-14-17)23-22(25)24-18-7-3-5-9-20(18)27-21-10-6-4-8-19(21)24/h3-15H,1-2H3,(H,23,25). The number of fused-ring (bicyclic) bond motifs is 2. The summed E-state index contributed by atoms with van der Waals surface area (Å²) in [6, 6.07) is 23.1. The Hall–Kier alpha value is -2.92. The largest absolute Gasteiger partial charge is 0.491 e. The number of hydrogen-bond acceptors (Lipinski definition) is 3. The summed E-state index contributed by atoms with van der Waals surface area (Å²) in [5.41, 5.74) is 2.50. The number of benzene rings is 3. The molecular formula is C22H20N2O2S. The number of rotatable bonds is 3. The molecule has 136 valence electrons. The SMILES string of the molecule is CC(C)Oc1ccc(NC(=O)N2c3ccccc3Sc3ccccc32)cc1. The maximum atomic E-state index is 13.1. The molecule has 0 bridgehead atoms. The first-order valence-electron chi connectivity index (χ1n) is 8.85. The molecule has 0 saturated heterocycles. The summed E-state index contributed by atoms with van der Waals surface area (Å²) in [4.78, 5) is 17.0. The van der Waals surface area contributed by atoms with Crippen molar-refractivity contribution < 1.29 is 9.53 Å². The van der Waals surface area contributed by atoms with Crippen LogP contribution in [0.15, 0.2) is 82.6 Å². The minimum atomic E-state index is -0.187. The molecule has 0 fully saturated rings. The van der Waals surface area contributed by atoms with E-state index in [2.05, 4.69) is 5.32 Å². The fourth-order valence-corrected chi connectivity index (χ4v) is 4.05. The third kappa shape index (κ3) is 3.64. The molecule has 3 aromatic rings. The lowest BCUT2D eigenvalue weighted by Gasteiger charge is -2.31. The number of nitrogens with one attached hydrogen (secondary N) is 1. The minimum absolute atomic E-state index is 0.115. The van der Waals surface area contributed by atoms with Crippen LogP contribution in [0.2, 0.25) is 0 Å². The highest BCUT2D eigenvalue weighted by Crippen LogP contribution is 2.48. The van der Waals surface area contributed by atoms with Gasteiger partial charge in [-0.3, -0.25) is 4.90 Å². The van der Waals surface area contributed by atoms with E-state index in [1.807, 2.05) is 86.6 Å². The Morgan fingerprint density at radius 1 is 0.889 bits per heavy atom. The Morgan fingerprint density at radius 3 is 2.00 bits per heavy atom. The lowest BCUT2D eigenvalue weighted by atomic mass is 10.2. The Morgan fingerprint density at radius 2 is 1.44 bits per heavy atom. The van der Waals surface area contributed by atoms with Crippen LogP contribution in [0.5, 0.6) is 5.75 Å². The highest BCUT2D eigenvalue weighted by atomic mass is 32.2. The van der Waals surface area contributed by atoms with Crippen molar-refractivity contribution in [2.75, 3.05) is 10.2 Å². The van der Waals surface area contributed by atoms with Gasteiger partial charge in [-0.25, -0.2) is 4.79 Å². The Balaban J connectivity index is 1.62. The average Bonchev–Trinajstić information content (AvgIpc) is 2.67. The monoisotopic (exact) mass is 376 g/mol. The van der Waals surface area contributed by atoms with Crippen LogP contribution >= 0.6 is 11.8 Å². The summed E-state index contributed by atoms with van der Waals surface area (Å²) in [5, 5.41) is 3.00. The van der Waals surface area contributed by atoms with Crippen LogP contribution < -0.4 is 15.0 Å². The lowest BCUT2D eigenvalue weighted by Crippen LogP contribution is -2.32. The van der Waals surface area contributed by atoms with E-state index in [-0.39, 0.29) is 12.1 Å². The van der Waals surface area contributed by atoms with Gasteiger partial charge < -0.3 is 10.1 Å². The lowest BCUT2D eigenvalue weighted by molar-refractivity contribution is 0.242. The molecular weight excluding hydrogens is 356 g/mol. The summed E-state index contributed by atoms with van der Waals surface area (Å²) in [7, 11) is 0. The Bertz CT molecular complexity index is 925. The second-order valence-corrected chi connectivity index (χ2v) is 7.58. The van der Waals surface area contributed by atoms with Gasteiger partial charge in [-0.05, 0) is 62.4 Å². The quantitative estimate of drug-likeness (QED) is 0.582. The Kier molecular flexibility index (Phi) is 4.77. The van der Waals surface area contributed by atoms with E-state index >= 15 is 0 Å². The maximum absolute atomic E-state index is 13.1. The van der Waals surface area contributed by atoms with E-state index < -0.39 is 0 Å². The number of carbonyl (C=O) groups excluding carboxylic acids is 1. The average molecular weight is 376 g/mol. The number of ether oxygens (including phenoxy) is 1. The van der Waals surface area contributed by atoms with E-state index in [4.69, 9.17) is 4.74 Å². The van der Waals surface area contributed by atoms with Gasteiger partial charge in [-0.2, -0.15) is 0 Å². The van der Waals surface area contributed by atoms with Crippen LogP contribution in [0, 0.1) is 0 Å². The van der Waals surface area contributed by atoms with Gasteiger partial charge in [0.15, 0.2) is 0 Å². The first-order chi connectivity index (χ1) is 13.1. The van der Waals surface area contributed by atoms with Crippen molar-refractivity contribution in [3.05, 3.63) is 72.8 Å². The molecule has 1 N–H and O–H groups in total. The van der Waals surface area contributed by atoms with Gasteiger partial charge in [0.05, 0.1) is 17.5 Å². The summed E-state index contributed by atoms with van der Waals surface area (Å²) < 4.78 is 5.66. The van der Waals surface area contributed by atoms with Crippen molar-refractivity contribution in [2.24, 2.45) is 0 Å². The molecule has 0 aliphatic carbocycles. The first-order valence-corrected chi connectivity index (χ1v) is 9.67. The van der Waals surface area contributed by atoms with Gasteiger partial charge in [-0.1, -0.05) is 36.0 Å². The van der Waals surface area contributed by atoms with E-state index in [1.165, 1.54) is 0 Å². The Labute approximate surface area is 163 Å². The second-order valence-electron chi connectivity index (χ2n) is 6.49. The van der Waals surface area contributed by atoms with Gasteiger partial charge >= 0.3 is 6.03 Å². The molecule has 27 heavy (non-hydrogen) atoms. The van der Waals surface area contributed by atoms with E-state index in [0.717, 1.165) is 32.6 Å². The summed E-state index contributed by atoms with van der Waals surface area (Å²) in [6.07, 6.45) is 0.115. The van der Waals surface area contributed by atoms with Gasteiger partial charge in [-0.15, -0.1) is 0 Å². The molecule has 1 heterocycles. The molecule has 0 atom stereocenters. The predicted molar refractivity (Wildman–Crippen MR) is 110 cm³/mol.